The zero-order valence-electron chi connectivity index (χ0n) is 14.7. The molecule has 1 aromatic heterocycles. The van der Waals surface area contributed by atoms with E-state index in [4.69, 9.17) is 11.6 Å². The minimum absolute atomic E-state index is 0.114. The van der Waals surface area contributed by atoms with Crippen LogP contribution in [0.15, 0.2) is 36.5 Å². The predicted octanol–water partition coefficient (Wildman–Crippen LogP) is 2.83. The Kier molecular flexibility index (Phi) is 6.06. The second-order valence-corrected chi connectivity index (χ2v) is 6.74. The topological polar surface area (TPSA) is 48.5 Å². The summed E-state index contributed by atoms with van der Waals surface area (Å²) in [4.78, 5) is 20.1. The van der Waals surface area contributed by atoms with Gasteiger partial charge in [-0.2, -0.15) is 0 Å². The molecule has 5 nitrogen and oxygen atoms in total. The summed E-state index contributed by atoms with van der Waals surface area (Å²) in [5.74, 6) is 0.643. The van der Waals surface area contributed by atoms with Gasteiger partial charge in [0.2, 0.25) is 5.91 Å². The lowest BCUT2D eigenvalue weighted by Gasteiger charge is -2.35. The summed E-state index contributed by atoms with van der Waals surface area (Å²) in [5.41, 5.74) is 1.92. The first-order valence-electron chi connectivity index (χ1n) is 8.63. The fourth-order valence-corrected chi connectivity index (χ4v) is 3.19. The molecule has 0 radical (unpaired) electrons. The zero-order chi connectivity index (χ0) is 18.5. The third-order valence-electron chi connectivity index (χ3n) is 4.52. The van der Waals surface area contributed by atoms with E-state index in [2.05, 4.69) is 15.2 Å². The van der Waals surface area contributed by atoms with Crippen molar-refractivity contribution in [1.29, 1.82) is 0 Å². The van der Waals surface area contributed by atoms with Crippen molar-refractivity contribution in [2.45, 2.75) is 20.0 Å². The van der Waals surface area contributed by atoms with E-state index in [1.165, 1.54) is 6.07 Å². The van der Waals surface area contributed by atoms with Gasteiger partial charge in [-0.15, -0.1) is 0 Å². The summed E-state index contributed by atoms with van der Waals surface area (Å²) in [6, 6.07) is 8.77. The SMILES string of the molecule is CC(=O)N1CCN(c2ncccc2CNCc2ccc(Cl)c(F)c2)CC1. The van der Waals surface area contributed by atoms with Crippen LogP contribution in [0.5, 0.6) is 0 Å². The van der Waals surface area contributed by atoms with E-state index in [-0.39, 0.29) is 10.9 Å². The van der Waals surface area contributed by atoms with Crippen molar-refractivity contribution < 1.29 is 9.18 Å². The molecular formula is C19H22ClFN4O. The number of halogens is 2. The maximum atomic E-state index is 13.5. The van der Waals surface area contributed by atoms with Crippen molar-refractivity contribution in [2.24, 2.45) is 0 Å². The van der Waals surface area contributed by atoms with Gasteiger partial charge in [-0.05, 0) is 23.8 Å². The van der Waals surface area contributed by atoms with Gasteiger partial charge in [-0.1, -0.05) is 23.7 Å². The fourth-order valence-electron chi connectivity index (χ4n) is 3.08. The minimum atomic E-state index is -0.406. The number of piperazine rings is 1. The lowest BCUT2D eigenvalue weighted by atomic mass is 10.2. The highest BCUT2D eigenvalue weighted by Crippen LogP contribution is 2.20. The molecular weight excluding hydrogens is 355 g/mol. The minimum Gasteiger partial charge on any atom is -0.353 e. The molecule has 7 heteroatoms. The maximum Gasteiger partial charge on any atom is 0.219 e. The van der Waals surface area contributed by atoms with Crippen molar-refractivity contribution in [2.75, 3.05) is 31.1 Å². The monoisotopic (exact) mass is 376 g/mol. The summed E-state index contributed by atoms with van der Waals surface area (Å²) in [6.07, 6.45) is 1.78. The molecule has 0 spiro atoms. The average Bonchev–Trinajstić information content (AvgIpc) is 2.65. The number of hydrogen-bond donors (Lipinski definition) is 1. The molecule has 1 aromatic carbocycles. The second-order valence-electron chi connectivity index (χ2n) is 6.33. The molecule has 3 rings (SSSR count). The largest absolute Gasteiger partial charge is 0.353 e. The molecule has 1 saturated heterocycles. The quantitative estimate of drug-likeness (QED) is 0.871. The molecule has 1 amide bonds. The summed E-state index contributed by atoms with van der Waals surface area (Å²) in [5, 5.41) is 3.46. The van der Waals surface area contributed by atoms with E-state index < -0.39 is 5.82 Å². The number of rotatable bonds is 5. The van der Waals surface area contributed by atoms with E-state index in [1.54, 1.807) is 19.2 Å². The Hall–Kier alpha value is -2.18. The molecule has 26 heavy (non-hydrogen) atoms. The first-order chi connectivity index (χ1) is 12.5. The molecule has 0 atom stereocenters. The Morgan fingerprint density at radius 1 is 1.23 bits per heavy atom. The Labute approximate surface area is 157 Å². The molecule has 1 N–H and O–H groups in total. The number of pyridine rings is 1. The van der Waals surface area contributed by atoms with Crippen LogP contribution in [-0.4, -0.2) is 42.0 Å². The van der Waals surface area contributed by atoms with Crippen LogP contribution in [0.1, 0.15) is 18.1 Å². The number of nitrogens with zero attached hydrogens (tertiary/aromatic N) is 3. The zero-order valence-corrected chi connectivity index (χ0v) is 15.5. The van der Waals surface area contributed by atoms with Gasteiger partial charge in [0.05, 0.1) is 5.02 Å². The van der Waals surface area contributed by atoms with Crippen molar-refractivity contribution in [3.8, 4) is 0 Å². The molecule has 2 heterocycles. The number of carbonyl (C=O) groups excluding carboxylic acids is 1. The Morgan fingerprint density at radius 2 is 2.00 bits per heavy atom. The normalized spacial score (nSPS) is 14.6. The molecule has 1 aliphatic heterocycles. The molecule has 0 unspecified atom stereocenters. The predicted molar refractivity (Wildman–Crippen MR) is 101 cm³/mol. The van der Waals surface area contributed by atoms with Crippen LogP contribution < -0.4 is 10.2 Å². The lowest BCUT2D eigenvalue weighted by molar-refractivity contribution is -0.129. The van der Waals surface area contributed by atoms with Gasteiger partial charge in [0.1, 0.15) is 11.6 Å². The van der Waals surface area contributed by atoms with E-state index in [0.29, 0.717) is 26.2 Å². The second kappa shape index (κ2) is 8.47. The van der Waals surface area contributed by atoms with Crippen molar-refractivity contribution in [1.82, 2.24) is 15.2 Å². The summed E-state index contributed by atoms with van der Waals surface area (Å²) >= 11 is 5.71. The number of amides is 1. The molecule has 0 saturated carbocycles. The van der Waals surface area contributed by atoms with E-state index in [0.717, 1.165) is 30.0 Å². The highest BCUT2D eigenvalue weighted by Gasteiger charge is 2.21. The van der Waals surface area contributed by atoms with Gasteiger partial charge in [-0.3, -0.25) is 4.79 Å². The van der Waals surface area contributed by atoms with Crippen LogP contribution in [0.3, 0.4) is 0 Å². The fraction of sp³-hybridized carbons (Fsp3) is 0.368. The van der Waals surface area contributed by atoms with Gasteiger partial charge >= 0.3 is 0 Å². The number of carbonyl (C=O) groups is 1. The van der Waals surface area contributed by atoms with Crippen LogP contribution in [-0.2, 0) is 17.9 Å². The van der Waals surface area contributed by atoms with E-state index in [1.807, 2.05) is 23.1 Å². The molecule has 1 fully saturated rings. The van der Waals surface area contributed by atoms with Gasteiger partial charge < -0.3 is 15.1 Å². The summed E-state index contributed by atoms with van der Waals surface area (Å²) in [7, 11) is 0. The third kappa shape index (κ3) is 4.51. The molecule has 1 aliphatic rings. The Morgan fingerprint density at radius 3 is 2.69 bits per heavy atom. The van der Waals surface area contributed by atoms with Crippen molar-refractivity contribution in [3.63, 3.8) is 0 Å². The first-order valence-corrected chi connectivity index (χ1v) is 9.01. The highest BCUT2D eigenvalue weighted by molar-refractivity contribution is 6.30. The Bertz CT molecular complexity index is 778. The van der Waals surface area contributed by atoms with Crippen molar-refractivity contribution in [3.05, 3.63) is 58.5 Å². The molecule has 0 aliphatic carbocycles. The number of benzene rings is 1. The van der Waals surface area contributed by atoms with Crippen LogP contribution in [0, 0.1) is 5.82 Å². The van der Waals surface area contributed by atoms with Crippen molar-refractivity contribution >= 4 is 23.3 Å². The van der Waals surface area contributed by atoms with Gasteiger partial charge in [0, 0.05) is 58.0 Å². The summed E-state index contributed by atoms with van der Waals surface area (Å²) in [6.45, 7) is 5.73. The van der Waals surface area contributed by atoms with Gasteiger partial charge in [-0.25, -0.2) is 9.37 Å². The van der Waals surface area contributed by atoms with Crippen LogP contribution in [0.25, 0.3) is 0 Å². The summed E-state index contributed by atoms with van der Waals surface area (Å²) < 4.78 is 13.5. The molecule has 0 bridgehead atoms. The lowest BCUT2D eigenvalue weighted by Crippen LogP contribution is -2.48. The third-order valence-corrected chi connectivity index (χ3v) is 4.83. The van der Waals surface area contributed by atoms with Crippen LogP contribution >= 0.6 is 11.6 Å². The Balaban J connectivity index is 1.60. The maximum absolute atomic E-state index is 13.5. The molecule has 138 valence electrons. The van der Waals surface area contributed by atoms with Crippen LogP contribution in [0.2, 0.25) is 5.02 Å². The number of aromatic nitrogens is 1. The number of anilines is 1. The highest BCUT2D eigenvalue weighted by atomic mass is 35.5. The van der Waals surface area contributed by atoms with E-state index in [9.17, 15) is 9.18 Å². The average molecular weight is 377 g/mol. The van der Waals surface area contributed by atoms with Gasteiger partial charge in [0.25, 0.3) is 0 Å². The van der Waals surface area contributed by atoms with Gasteiger partial charge in [0.15, 0.2) is 0 Å². The first kappa shape index (κ1) is 18.6. The number of hydrogen-bond acceptors (Lipinski definition) is 4. The standard InChI is InChI=1S/C19H22ClFN4O/c1-14(26)24-7-9-25(10-8-24)19-16(3-2-6-23-19)13-22-12-15-4-5-17(20)18(21)11-15/h2-6,11,22H,7-10,12-13H2,1H3. The van der Waals surface area contributed by atoms with Crippen LogP contribution in [0.4, 0.5) is 10.2 Å². The van der Waals surface area contributed by atoms with E-state index >= 15 is 0 Å². The molecule has 2 aromatic rings. The number of nitrogens with one attached hydrogen (secondary N) is 1. The smallest absolute Gasteiger partial charge is 0.219 e.